The van der Waals surface area contributed by atoms with Crippen LogP contribution in [-0.4, -0.2) is 4.98 Å². The van der Waals surface area contributed by atoms with E-state index in [2.05, 4.69) is 17.3 Å². The van der Waals surface area contributed by atoms with Gasteiger partial charge in [0.25, 0.3) is 0 Å². The van der Waals surface area contributed by atoms with E-state index in [-0.39, 0.29) is 6.04 Å². The van der Waals surface area contributed by atoms with Crippen LogP contribution in [0, 0.1) is 11.8 Å². The standard InChI is InChI=1S/C14H22ClN3/c1-2-10-5-3-4-6-12(10)14(18-16)11-7-8-17-13(15)9-11/h7-10,12,14,18H,2-6,16H2,1H3. The minimum absolute atomic E-state index is 0.191. The molecule has 2 rings (SSSR count). The van der Waals surface area contributed by atoms with Gasteiger partial charge in [0.1, 0.15) is 5.15 Å². The molecule has 0 saturated heterocycles. The maximum Gasteiger partial charge on any atom is 0.129 e. The molecule has 3 N–H and O–H groups in total. The molecule has 3 unspecified atom stereocenters. The number of aromatic nitrogens is 1. The molecule has 3 atom stereocenters. The van der Waals surface area contributed by atoms with E-state index in [9.17, 15) is 0 Å². The normalized spacial score (nSPS) is 25.9. The van der Waals surface area contributed by atoms with Crippen LogP contribution >= 0.6 is 11.6 Å². The second kappa shape index (κ2) is 6.50. The molecule has 18 heavy (non-hydrogen) atoms. The summed E-state index contributed by atoms with van der Waals surface area (Å²) >= 11 is 5.98. The number of rotatable bonds is 4. The van der Waals surface area contributed by atoms with Crippen molar-refractivity contribution in [1.82, 2.24) is 10.4 Å². The number of hydrazine groups is 1. The van der Waals surface area contributed by atoms with Crippen molar-refractivity contribution >= 4 is 11.6 Å². The Hall–Kier alpha value is -0.640. The minimum atomic E-state index is 0.191. The summed E-state index contributed by atoms with van der Waals surface area (Å²) in [4.78, 5) is 4.04. The first-order valence-electron chi connectivity index (χ1n) is 6.83. The average molecular weight is 268 g/mol. The lowest BCUT2D eigenvalue weighted by molar-refractivity contribution is 0.176. The Labute approximate surface area is 114 Å². The van der Waals surface area contributed by atoms with Crippen molar-refractivity contribution < 1.29 is 0 Å². The lowest BCUT2D eigenvalue weighted by Gasteiger charge is -2.36. The molecule has 1 heterocycles. The van der Waals surface area contributed by atoms with Crippen LogP contribution in [0.1, 0.15) is 50.6 Å². The first-order chi connectivity index (χ1) is 8.76. The SMILES string of the molecule is CCC1CCCCC1C(NN)c1ccnc(Cl)c1. The maximum atomic E-state index is 5.98. The third-order valence-electron chi connectivity index (χ3n) is 4.21. The number of hydrogen-bond acceptors (Lipinski definition) is 3. The predicted molar refractivity (Wildman–Crippen MR) is 75.1 cm³/mol. The van der Waals surface area contributed by atoms with Gasteiger partial charge in [0, 0.05) is 12.2 Å². The number of nitrogens with two attached hydrogens (primary N) is 1. The smallest absolute Gasteiger partial charge is 0.129 e. The molecule has 4 heteroatoms. The van der Waals surface area contributed by atoms with E-state index in [0.29, 0.717) is 11.1 Å². The Morgan fingerprint density at radius 3 is 2.94 bits per heavy atom. The number of nitrogens with zero attached hydrogens (tertiary/aromatic N) is 1. The summed E-state index contributed by atoms with van der Waals surface area (Å²) in [5, 5.41) is 0.539. The van der Waals surface area contributed by atoms with Crippen LogP contribution in [0.25, 0.3) is 0 Å². The summed E-state index contributed by atoms with van der Waals surface area (Å²) in [6.45, 7) is 2.27. The van der Waals surface area contributed by atoms with Gasteiger partial charge in [0.2, 0.25) is 0 Å². The van der Waals surface area contributed by atoms with Crippen molar-refractivity contribution in [2.75, 3.05) is 0 Å². The molecule has 100 valence electrons. The second-order valence-corrected chi connectivity index (χ2v) is 5.56. The molecule has 1 aromatic rings. The minimum Gasteiger partial charge on any atom is -0.271 e. The van der Waals surface area contributed by atoms with Crippen LogP contribution in [0.3, 0.4) is 0 Å². The Kier molecular flexibility index (Phi) is 4.98. The zero-order chi connectivity index (χ0) is 13.0. The lowest BCUT2D eigenvalue weighted by atomic mass is 9.72. The first-order valence-corrected chi connectivity index (χ1v) is 7.21. The Morgan fingerprint density at radius 1 is 1.50 bits per heavy atom. The van der Waals surface area contributed by atoms with Gasteiger partial charge in [-0.3, -0.25) is 11.3 Å². The van der Waals surface area contributed by atoms with Gasteiger partial charge in [-0.05, 0) is 36.0 Å². The van der Waals surface area contributed by atoms with Crippen LogP contribution in [0.4, 0.5) is 0 Å². The first kappa shape index (κ1) is 13.8. The quantitative estimate of drug-likeness (QED) is 0.499. The fourth-order valence-corrected chi connectivity index (χ4v) is 3.44. The highest BCUT2D eigenvalue weighted by Gasteiger charge is 2.31. The molecule has 0 spiro atoms. The van der Waals surface area contributed by atoms with E-state index in [1.807, 2.05) is 12.1 Å². The fourth-order valence-electron chi connectivity index (χ4n) is 3.26. The van der Waals surface area contributed by atoms with Crippen LogP contribution < -0.4 is 11.3 Å². The number of hydrogen-bond donors (Lipinski definition) is 2. The van der Waals surface area contributed by atoms with E-state index in [1.54, 1.807) is 6.20 Å². The summed E-state index contributed by atoms with van der Waals surface area (Å²) in [7, 11) is 0. The monoisotopic (exact) mass is 267 g/mol. The van der Waals surface area contributed by atoms with Crippen LogP contribution in [0.2, 0.25) is 5.15 Å². The zero-order valence-corrected chi connectivity index (χ0v) is 11.7. The van der Waals surface area contributed by atoms with Crippen LogP contribution in [-0.2, 0) is 0 Å². The van der Waals surface area contributed by atoms with E-state index < -0.39 is 0 Å². The molecule has 1 aliphatic rings. The van der Waals surface area contributed by atoms with Gasteiger partial charge < -0.3 is 0 Å². The van der Waals surface area contributed by atoms with Gasteiger partial charge in [-0.2, -0.15) is 0 Å². The van der Waals surface area contributed by atoms with Gasteiger partial charge in [0.15, 0.2) is 0 Å². The molecule has 1 aliphatic carbocycles. The molecule has 0 aliphatic heterocycles. The predicted octanol–water partition coefficient (Wildman–Crippen LogP) is 3.46. The largest absolute Gasteiger partial charge is 0.271 e. The molecule has 0 aromatic carbocycles. The summed E-state index contributed by atoms with van der Waals surface area (Å²) < 4.78 is 0. The highest BCUT2D eigenvalue weighted by Crippen LogP contribution is 2.40. The van der Waals surface area contributed by atoms with E-state index >= 15 is 0 Å². The highest BCUT2D eigenvalue weighted by atomic mass is 35.5. The van der Waals surface area contributed by atoms with Gasteiger partial charge in [-0.25, -0.2) is 4.98 Å². The summed E-state index contributed by atoms with van der Waals surface area (Å²) in [6, 6.07) is 4.13. The Bertz CT molecular complexity index is 383. The van der Waals surface area contributed by atoms with Crippen molar-refractivity contribution in [2.24, 2.45) is 17.7 Å². The zero-order valence-electron chi connectivity index (χ0n) is 10.9. The van der Waals surface area contributed by atoms with E-state index in [0.717, 1.165) is 11.5 Å². The lowest BCUT2D eigenvalue weighted by Crippen LogP contribution is -2.38. The molecule has 1 fully saturated rings. The third kappa shape index (κ3) is 3.02. The van der Waals surface area contributed by atoms with Crippen molar-refractivity contribution in [3.05, 3.63) is 29.0 Å². The summed E-state index contributed by atoms with van der Waals surface area (Å²) in [5.41, 5.74) is 4.15. The topological polar surface area (TPSA) is 50.9 Å². The molecule has 1 aromatic heterocycles. The molecule has 1 saturated carbocycles. The summed E-state index contributed by atoms with van der Waals surface area (Å²) in [6.07, 6.45) is 8.19. The van der Waals surface area contributed by atoms with Crippen LogP contribution in [0.5, 0.6) is 0 Å². The van der Waals surface area contributed by atoms with E-state index in [4.69, 9.17) is 17.4 Å². The van der Waals surface area contributed by atoms with Gasteiger partial charge >= 0.3 is 0 Å². The van der Waals surface area contributed by atoms with Gasteiger partial charge in [-0.1, -0.05) is 44.2 Å². The van der Waals surface area contributed by atoms with Crippen molar-refractivity contribution in [2.45, 2.75) is 45.1 Å². The van der Waals surface area contributed by atoms with Crippen molar-refractivity contribution in [3.8, 4) is 0 Å². The third-order valence-corrected chi connectivity index (χ3v) is 4.42. The molecular weight excluding hydrogens is 246 g/mol. The molecular formula is C14H22ClN3. The second-order valence-electron chi connectivity index (χ2n) is 5.17. The number of nitrogens with one attached hydrogen (secondary N) is 1. The highest BCUT2D eigenvalue weighted by molar-refractivity contribution is 6.29. The summed E-state index contributed by atoms with van der Waals surface area (Å²) in [5.74, 6) is 7.15. The maximum absolute atomic E-state index is 5.98. The Balaban J connectivity index is 2.21. The fraction of sp³-hybridized carbons (Fsp3) is 0.643. The Morgan fingerprint density at radius 2 is 2.28 bits per heavy atom. The van der Waals surface area contributed by atoms with Crippen molar-refractivity contribution in [3.63, 3.8) is 0 Å². The molecule has 0 bridgehead atoms. The van der Waals surface area contributed by atoms with Gasteiger partial charge in [0.05, 0.1) is 0 Å². The van der Waals surface area contributed by atoms with E-state index in [1.165, 1.54) is 32.1 Å². The molecule has 3 nitrogen and oxygen atoms in total. The molecule has 0 amide bonds. The van der Waals surface area contributed by atoms with Crippen LogP contribution in [0.15, 0.2) is 18.3 Å². The van der Waals surface area contributed by atoms with Gasteiger partial charge in [-0.15, -0.1) is 0 Å². The average Bonchev–Trinajstić information content (AvgIpc) is 2.40. The number of pyridine rings is 1. The molecule has 0 radical (unpaired) electrons. The van der Waals surface area contributed by atoms with Crippen molar-refractivity contribution in [1.29, 1.82) is 0 Å². The number of halogens is 1.